The van der Waals surface area contributed by atoms with Gasteiger partial charge in [0.1, 0.15) is 17.2 Å². The van der Waals surface area contributed by atoms with E-state index in [9.17, 15) is 19.5 Å². The molecule has 1 aliphatic heterocycles. The van der Waals surface area contributed by atoms with E-state index in [-0.39, 0.29) is 13.1 Å². The van der Waals surface area contributed by atoms with Crippen molar-refractivity contribution in [1.29, 1.82) is 0 Å². The van der Waals surface area contributed by atoms with Crippen LogP contribution in [0.4, 0.5) is 4.79 Å². The van der Waals surface area contributed by atoms with Crippen molar-refractivity contribution in [2.45, 2.75) is 64.8 Å². The van der Waals surface area contributed by atoms with E-state index in [0.717, 1.165) is 4.90 Å². The Morgan fingerprint density at radius 3 is 2.00 bits per heavy atom. The van der Waals surface area contributed by atoms with Crippen LogP contribution in [-0.2, 0) is 19.1 Å². The summed E-state index contributed by atoms with van der Waals surface area (Å²) in [6.45, 7) is 10.5. The number of esters is 1. The van der Waals surface area contributed by atoms with Gasteiger partial charge in [-0.15, -0.1) is 0 Å². The molecule has 2 atom stereocenters. The van der Waals surface area contributed by atoms with Crippen molar-refractivity contribution in [3.8, 4) is 0 Å². The van der Waals surface area contributed by atoms with Gasteiger partial charge in [-0.2, -0.15) is 0 Å². The predicted molar refractivity (Wildman–Crippen MR) is 82.0 cm³/mol. The Morgan fingerprint density at radius 2 is 1.57 bits per heavy atom. The molecular weight excluding hydrogens is 304 g/mol. The highest BCUT2D eigenvalue weighted by molar-refractivity contribution is 5.90. The van der Waals surface area contributed by atoms with Crippen LogP contribution in [0.25, 0.3) is 0 Å². The molecule has 0 saturated carbocycles. The Labute approximate surface area is 136 Å². The number of ether oxygens (including phenoxy) is 2. The summed E-state index contributed by atoms with van der Waals surface area (Å²) in [5, 5.41) is 12.1. The van der Waals surface area contributed by atoms with Crippen LogP contribution in [0, 0.1) is 0 Å². The van der Waals surface area contributed by atoms with Crippen LogP contribution in [0.1, 0.15) is 41.5 Å². The maximum Gasteiger partial charge on any atom is 0.411 e. The highest BCUT2D eigenvalue weighted by Crippen LogP contribution is 2.19. The first-order valence-electron chi connectivity index (χ1n) is 7.50. The molecule has 0 aliphatic carbocycles. The quantitative estimate of drug-likeness (QED) is 0.727. The summed E-state index contributed by atoms with van der Waals surface area (Å²) in [6.07, 6.45) is -0.735. The molecule has 132 valence electrons. The Bertz CT molecular complexity index is 477. The monoisotopic (exact) mass is 330 g/mol. The van der Waals surface area contributed by atoms with Gasteiger partial charge < -0.3 is 19.9 Å². The van der Waals surface area contributed by atoms with Crippen LogP contribution < -0.4 is 5.32 Å². The fraction of sp³-hybridized carbons (Fsp3) is 0.800. The van der Waals surface area contributed by atoms with Crippen LogP contribution in [0.5, 0.6) is 0 Å². The van der Waals surface area contributed by atoms with Crippen molar-refractivity contribution in [2.24, 2.45) is 0 Å². The van der Waals surface area contributed by atoms with Gasteiger partial charge in [0.15, 0.2) is 6.04 Å². The molecule has 23 heavy (non-hydrogen) atoms. The first-order chi connectivity index (χ1) is 10.3. The molecule has 0 radical (unpaired) electrons. The smallest absolute Gasteiger partial charge is 0.411 e. The van der Waals surface area contributed by atoms with Gasteiger partial charge in [-0.3, -0.25) is 9.69 Å². The number of amides is 1. The lowest BCUT2D eigenvalue weighted by atomic mass is 10.0. The van der Waals surface area contributed by atoms with Gasteiger partial charge in [0, 0.05) is 13.1 Å². The molecule has 0 aromatic heterocycles. The average molecular weight is 330 g/mol. The zero-order valence-electron chi connectivity index (χ0n) is 14.5. The third kappa shape index (κ3) is 5.70. The van der Waals surface area contributed by atoms with E-state index in [1.807, 2.05) is 0 Å². The molecule has 1 heterocycles. The van der Waals surface area contributed by atoms with E-state index in [0.29, 0.717) is 0 Å². The second-order valence-corrected chi connectivity index (χ2v) is 7.42. The number of nitrogens with zero attached hydrogens (tertiary/aromatic N) is 1. The number of carbonyl (C=O) groups is 3. The summed E-state index contributed by atoms with van der Waals surface area (Å²) in [7, 11) is 0. The summed E-state index contributed by atoms with van der Waals surface area (Å²) >= 11 is 0. The SMILES string of the molecule is CC(C)(C)OC(=O)[C@@H]1C(C(=O)O)NCCN1C(=O)OC(C)(C)C. The fourth-order valence-electron chi connectivity index (χ4n) is 2.14. The van der Waals surface area contributed by atoms with Gasteiger partial charge in [-0.1, -0.05) is 0 Å². The Morgan fingerprint density at radius 1 is 1.04 bits per heavy atom. The average Bonchev–Trinajstić information content (AvgIpc) is 2.33. The molecule has 1 aliphatic rings. The van der Waals surface area contributed by atoms with Crippen LogP contribution in [-0.4, -0.2) is 64.4 Å². The zero-order chi connectivity index (χ0) is 18.0. The van der Waals surface area contributed by atoms with E-state index < -0.39 is 41.3 Å². The fourth-order valence-corrected chi connectivity index (χ4v) is 2.14. The zero-order valence-corrected chi connectivity index (χ0v) is 14.5. The van der Waals surface area contributed by atoms with Gasteiger partial charge in [0.2, 0.25) is 0 Å². The molecule has 2 N–H and O–H groups in total. The largest absolute Gasteiger partial charge is 0.480 e. The number of hydrogen-bond donors (Lipinski definition) is 2. The number of carboxylic acids is 1. The molecule has 1 rings (SSSR count). The summed E-state index contributed by atoms with van der Waals surface area (Å²) < 4.78 is 10.6. The second kappa shape index (κ2) is 6.74. The van der Waals surface area contributed by atoms with Crippen molar-refractivity contribution >= 4 is 18.0 Å². The molecule has 1 saturated heterocycles. The third-order valence-electron chi connectivity index (χ3n) is 2.91. The molecule has 1 unspecified atom stereocenters. The number of hydrogen-bond acceptors (Lipinski definition) is 6. The van der Waals surface area contributed by atoms with E-state index in [4.69, 9.17) is 9.47 Å². The molecule has 0 aromatic carbocycles. The number of carbonyl (C=O) groups excluding carboxylic acids is 2. The number of nitrogens with one attached hydrogen (secondary N) is 1. The maximum absolute atomic E-state index is 12.4. The van der Waals surface area contributed by atoms with Gasteiger partial charge in [-0.25, -0.2) is 9.59 Å². The minimum Gasteiger partial charge on any atom is -0.480 e. The highest BCUT2D eigenvalue weighted by Gasteiger charge is 2.46. The van der Waals surface area contributed by atoms with Crippen LogP contribution in [0.3, 0.4) is 0 Å². The highest BCUT2D eigenvalue weighted by atomic mass is 16.6. The van der Waals surface area contributed by atoms with Crippen LogP contribution >= 0.6 is 0 Å². The molecule has 0 aromatic rings. The Hall–Kier alpha value is -1.83. The van der Waals surface area contributed by atoms with E-state index in [1.54, 1.807) is 41.5 Å². The second-order valence-electron chi connectivity index (χ2n) is 7.42. The first-order valence-corrected chi connectivity index (χ1v) is 7.50. The lowest BCUT2D eigenvalue weighted by Gasteiger charge is -2.39. The molecular formula is C15H26N2O6. The predicted octanol–water partition coefficient (Wildman–Crippen LogP) is 0.990. The van der Waals surface area contributed by atoms with Crippen molar-refractivity contribution in [3.05, 3.63) is 0 Å². The molecule has 8 heteroatoms. The number of aliphatic carboxylic acids is 1. The molecule has 1 fully saturated rings. The normalized spacial score (nSPS) is 22.4. The van der Waals surface area contributed by atoms with Crippen LogP contribution in [0.15, 0.2) is 0 Å². The summed E-state index contributed by atoms with van der Waals surface area (Å²) in [5.41, 5.74) is -1.55. The number of piperazine rings is 1. The van der Waals surface area contributed by atoms with Crippen molar-refractivity contribution in [1.82, 2.24) is 10.2 Å². The summed E-state index contributed by atoms with van der Waals surface area (Å²) in [6, 6.07) is -2.53. The molecule has 0 spiro atoms. The van der Waals surface area contributed by atoms with Gasteiger partial charge in [-0.05, 0) is 41.5 Å². The van der Waals surface area contributed by atoms with E-state index >= 15 is 0 Å². The van der Waals surface area contributed by atoms with E-state index in [1.165, 1.54) is 0 Å². The molecule has 8 nitrogen and oxygen atoms in total. The van der Waals surface area contributed by atoms with Crippen molar-refractivity contribution in [2.75, 3.05) is 13.1 Å². The maximum atomic E-state index is 12.4. The molecule has 0 bridgehead atoms. The Balaban J connectivity index is 3.07. The van der Waals surface area contributed by atoms with Crippen LogP contribution in [0.2, 0.25) is 0 Å². The molecule has 1 amide bonds. The minimum atomic E-state index is -1.28. The number of rotatable bonds is 2. The lowest BCUT2D eigenvalue weighted by molar-refractivity contribution is -0.167. The third-order valence-corrected chi connectivity index (χ3v) is 2.91. The Kier molecular flexibility index (Phi) is 5.63. The van der Waals surface area contributed by atoms with Gasteiger partial charge >= 0.3 is 18.0 Å². The van der Waals surface area contributed by atoms with Crippen molar-refractivity contribution < 1.29 is 29.0 Å². The number of carboxylic acid groups (broad SMARTS) is 1. The first kappa shape index (κ1) is 19.2. The topological polar surface area (TPSA) is 105 Å². The van der Waals surface area contributed by atoms with Crippen molar-refractivity contribution in [3.63, 3.8) is 0 Å². The summed E-state index contributed by atoms with van der Waals surface area (Å²) in [4.78, 5) is 37.3. The van der Waals surface area contributed by atoms with Gasteiger partial charge in [0.25, 0.3) is 0 Å². The summed E-state index contributed by atoms with van der Waals surface area (Å²) in [5.74, 6) is -2.00. The minimum absolute atomic E-state index is 0.155. The van der Waals surface area contributed by atoms with E-state index in [2.05, 4.69) is 5.32 Å². The lowest BCUT2D eigenvalue weighted by Crippen LogP contribution is -2.66. The standard InChI is InChI=1S/C15H26N2O6/c1-14(2,3)22-12(20)10-9(11(18)19)16-7-8-17(10)13(21)23-15(4,5)6/h9-10,16H,7-8H2,1-6H3,(H,18,19)/t9?,10-/m0/s1. The van der Waals surface area contributed by atoms with Gasteiger partial charge in [0.05, 0.1) is 0 Å².